The maximum Gasteiger partial charge on any atom is 0.212 e. The van der Waals surface area contributed by atoms with Crippen molar-refractivity contribution in [1.82, 2.24) is 24.9 Å². The lowest BCUT2D eigenvalue weighted by Crippen LogP contribution is -2.30. The van der Waals surface area contributed by atoms with E-state index in [-0.39, 0.29) is 6.04 Å². The Morgan fingerprint density at radius 2 is 2.29 bits per heavy atom. The fourth-order valence-corrected chi connectivity index (χ4v) is 4.25. The molecule has 3 aromatic rings. The topological polar surface area (TPSA) is 55.1 Å². The number of nitrogens with one attached hydrogen (secondary N) is 1. The number of hydrogen-bond donors (Lipinski definition) is 1. The van der Waals surface area contributed by atoms with Gasteiger partial charge in [0, 0.05) is 31.3 Å². The van der Waals surface area contributed by atoms with Crippen molar-refractivity contribution in [1.29, 1.82) is 0 Å². The van der Waals surface area contributed by atoms with E-state index >= 15 is 0 Å². The molecule has 0 amide bonds. The van der Waals surface area contributed by atoms with E-state index in [9.17, 15) is 0 Å². The van der Waals surface area contributed by atoms with Crippen LogP contribution in [-0.2, 0) is 6.42 Å². The fraction of sp³-hybridized carbons (Fsp3) is 0.400. The highest BCUT2D eigenvalue weighted by molar-refractivity contribution is 7.17. The summed E-state index contributed by atoms with van der Waals surface area (Å²) < 4.78 is 2.08. The second-order valence-electron chi connectivity index (χ2n) is 5.78. The van der Waals surface area contributed by atoms with Crippen molar-refractivity contribution in [2.45, 2.75) is 31.2 Å². The quantitative estimate of drug-likeness (QED) is 0.788. The van der Waals surface area contributed by atoms with Gasteiger partial charge in [0.15, 0.2) is 5.82 Å². The Kier molecular flexibility index (Phi) is 2.45. The molecule has 4 heterocycles. The molecule has 21 heavy (non-hydrogen) atoms. The normalized spacial score (nSPS) is 21.6. The molecule has 3 aromatic heterocycles. The van der Waals surface area contributed by atoms with E-state index in [1.165, 1.54) is 29.0 Å². The summed E-state index contributed by atoms with van der Waals surface area (Å²) in [5.41, 5.74) is 2.53. The number of rotatable bonds is 2. The molecule has 0 spiro atoms. The third-order valence-electron chi connectivity index (χ3n) is 4.27. The zero-order chi connectivity index (χ0) is 13.8. The van der Waals surface area contributed by atoms with Gasteiger partial charge in [-0.05, 0) is 24.5 Å². The first-order valence-electron chi connectivity index (χ1n) is 7.42. The van der Waals surface area contributed by atoms with E-state index in [2.05, 4.69) is 20.9 Å². The summed E-state index contributed by atoms with van der Waals surface area (Å²) in [4.78, 5) is 11.4. The summed E-state index contributed by atoms with van der Waals surface area (Å²) in [6.45, 7) is 0.969. The molecule has 106 valence electrons. The van der Waals surface area contributed by atoms with Crippen LogP contribution in [0.15, 0.2) is 24.5 Å². The van der Waals surface area contributed by atoms with Gasteiger partial charge in [0.1, 0.15) is 0 Å². The van der Waals surface area contributed by atoms with Crippen molar-refractivity contribution in [3.63, 3.8) is 0 Å². The molecular weight excluding hydrogens is 282 g/mol. The zero-order valence-electron chi connectivity index (χ0n) is 11.5. The van der Waals surface area contributed by atoms with Crippen LogP contribution < -0.4 is 5.32 Å². The van der Waals surface area contributed by atoms with Crippen LogP contribution in [0.4, 0.5) is 0 Å². The van der Waals surface area contributed by atoms with Gasteiger partial charge in [-0.1, -0.05) is 17.4 Å². The molecule has 0 aromatic carbocycles. The number of aromatic nitrogens is 4. The molecule has 0 saturated heterocycles. The van der Waals surface area contributed by atoms with Gasteiger partial charge in [-0.3, -0.25) is 4.98 Å². The fourth-order valence-electron chi connectivity index (χ4n) is 3.03. The maximum absolute atomic E-state index is 4.75. The first-order valence-corrected chi connectivity index (χ1v) is 8.23. The van der Waals surface area contributed by atoms with Gasteiger partial charge in [-0.2, -0.15) is 5.10 Å². The van der Waals surface area contributed by atoms with Crippen LogP contribution in [0.3, 0.4) is 0 Å². The summed E-state index contributed by atoms with van der Waals surface area (Å²) >= 11 is 1.77. The SMILES string of the molecule is c1cncc(C2NCCc3c2sc2nc(C4CC4)nn32)c1. The summed E-state index contributed by atoms with van der Waals surface area (Å²) in [5, 5.41) is 8.34. The minimum absolute atomic E-state index is 0.223. The third-order valence-corrected chi connectivity index (χ3v) is 5.41. The monoisotopic (exact) mass is 297 g/mol. The number of nitrogens with zero attached hydrogens (tertiary/aromatic N) is 4. The second kappa shape index (κ2) is 4.35. The lowest BCUT2D eigenvalue weighted by Gasteiger charge is -2.23. The Bertz CT molecular complexity index is 802. The lowest BCUT2D eigenvalue weighted by atomic mass is 10.0. The van der Waals surface area contributed by atoms with Gasteiger partial charge in [0.05, 0.1) is 16.6 Å². The van der Waals surface area contributed by atoms with Gasteiger partial charge in [-0.25, -0.2) is 9.50 Å². The van der Waals surface area contributed by atoms with Gasteiger partial charge < -0.3 is 5.32 Å². The van der Waals surface area contributed by atoms with Crippen molar-refractivity contribution >= 4 is 16.3 Å². The van der Waals surface area contributed by atoms with Crippen LogP contribution in [-0.4, -0.2) is 26.1 Å². The van der Waals surface area contributed by atoms with E-state index in [0.717, 1.165) is 23.8 Å². The molecule has 1 atom stereocenters. The molecule has 1 N–H and O–H groups in total. The van der Waals surface area contributed by atoms with Crippen molar-refractivity contribution < 1.29 is 0 Å². The Morgan fingerprint density at radius 3 is 3.10 bits per heavy atom. The molecule has 6 heteroatoms. The highest BCUT2D eigenvalue weighted by atomic mass is 32.1. The molecule has 5 nitrogen and oxygen atoms in total. The van der Waals surface area contributed by atoms with Crippen LogP contribution in [0.5, 0.6) is 0 Å². The third kappa shape index (κ3) is 1.82. The molecule has 1 aliphatic carbocycles. The molecule has 1 unspecified atom stereocenters. The minimum atomic E-state index is 0.223. The largest absolute Gasteiger partial charge is 0.305 e. The second-order valence-corrected chi connectivity index (χ2v) is 6.78. The summed E-state index contributed by atoms with van der Waals surface area (Å²) in [7, 11) is 0. The molecule has 0 radical (unpaired) electrons. The van der Waals surface area contributed by atoms with Crippen LogP contribution in [0.25, 0.3) is 4.96 Å². The Hall–Kier alpha value is -1.79. The van der Waals surface area contributed by atoms with Gasteiger partial charge in [0.25, 0.3) is 0 Å². The Morgan fingerprint density at radius 1 is 1.33 bits per heavy atom. The van der Waals surface area contributed by atoms with Gasteiger partial charge in [0.2, 0.25) is 4.96 Å². The zero-order valence-corrected chi connectivity index (χ0v) is 12.3. The van der Waals surface area contributed by atoms with Crippen LogP contribution in [0.1, 0.15) is 46.8 Å². The average Bonchev–Trinajstić information content (AvgIpc) is 3.20. The predicted molar refractivity (Wildman–Crippen MR) is 80.6 cm³/mol. The standard InChI is InChI=1S/C15H15N5S/c1-2-10(8-16-6-1)12-13-11(5-7-17-12)20-15(21-13)18-14(19-20)9-3-4-9/h1-2,6,8-9,12,17H,3-5,7H2. The Balaban J connectivity index is 1.64. The molecular formula is C15H15N5S. The van der Waals surface area contributed by atoms with E-state index in [0.29, 0.717) is 5.92 Å². The summed E-state index contributed by atoms with van der Waals surface area (Å²) in [6, 6.07) is 4.35. The number of fused-ring (bicyclic) bond motifs is 3. The highest BCUT2D eigenvalue weighted by Crippen LogP contribution is 2.40. The Labute approximate surface area is 126 Å². The van der Waals surface area contributed by atoms with E-state index in [4.69, 9.17) is 10.1 Å². The molecule has 0 bridgehead atoms. The van der Waals surface area contributed by atoms with E-state index in [1.54, 1.807) is 11.3 Å². The van der Waals surface area contributed by atoms with Crippen molar-refractivity contribution in [2.75, 3.05) is 6.54 Å². The smallest absolute Gasteiger partial charge is 0.212 e. The average molecular weight is 297 g/mol. The molecule has 1 saturated carbocycles. The number of hydrogen-bond acceptors (Lipinski definition) is 5. The van der Waals surface area contributed by atoms with Crippen molar-refractivity contribution in [3.8, 4) is 0 Å². The van der Waals surface area contributed by atoms with Gasteiger partial charge in [-0.15, -0.1) is 0 Å². The maximum atomic E-state index is 4.75. The lowest BCUT2D eigenvalue weighted by molar-refractivity contribution is 0.560. The van der Waals surface area contributed by atoms with Crippen molar-refractivity contribution in [2.24, 2.45) is 0 Å². The predicted octanol–water partition coefficient (Wildman–Crippen LogP) is 2.30. The first-order chi connectivity index (χ1) is 10.4. The minimum Gasteiger partial charge on any atom is -0.305 e. The first kappa shape index (κ1) is 11.8. The highest BCUT2D eigenvalue weighted by Gasteiger charge is 2.31. The van der Waals surface area contributed by atoms with E-state index in [1.807, 2.05) is 18.5 Å². The van der Waals surface area contributed by atoms with Crippen molar-refractivity contribution in [3.05, 3.63) is 46.5 Å². The van der Waals surface area contributed by atoms with Crippen LogP contribution in [0, 0.1) is 0 Å². The van der Waals surface area contributed by atoms with E-state index < -0.39 is 0 Å². The molecule has 2 aliphatic rings. The number of pyridine rings is 1. The van der Waals surface area contributed by atoms with Gasteiger partial charge >= 0.3 is 0 Å². The molecule has 1 fully saturated rings. The molecule has 5 rings (SSSR count). The van der Waals surface area contributed by atoms with Crippen LogP contribution in [0.2, 0.25) is 0 Å². The van der Waals surface area contributed by atoms with Crippen LogP contribution >= 0.6 is 11.3 Å². The number of thiazole rings is 1. The summed E-state index contributed by atoms with van der Waals surface area (Å²) in [5.74, 6) is 1.66. The summed E-state index contributed by atoms with van der Waals surface area (Å²) in [6.07, 6.45) is 7.27. The molecule has 1 aliphatic heterocycles.